The highest BCUT2D eigenvalue weighted by molar-refractivity contribution is 5.44. The summed E-state index contributed by atoms with van der Waals surface area (Å²) in [4.78, 5) is 10.3. The van der Waals surface area contributed by atoms with Gasteiger partial charge in [0.25, 0.3) is 5.69 Å². The van der Waals surface area contributed by atoms with E-state index in [4.69, 9.17) is 0 Å². The first kappa shape index (κ1) is 10.1. The maximum absolute atomic E-state index is 10.6. The fourth-order valence-corrected chi connectivity index (χ4v) is 2.12. The largest absolute Gasteiger partial charge is 0.307 e. The number of rotatable bonds is 1. The molecule has 1 aromatic carbocycles. The Balaban J connectivity index is 2.50. The van der Waals surface area contributed by atoms with Gasteiger partial charge in [-0.2, -0.15) is 0 Å². The van der Waals surface area contributed by atoms with Gasteiger partial charge in [-0.1, -0.05) is 6.07 Å². The van der Waals surface area contributed by atoms with E-state index in [1.807, 2.05) is 6.07 Å². The van der Waals surface area contributed by atoms with Crippen molar-refractivity contribution in [3.63, 3.8) is 0 Å². The minimum Gasteiger partial charge on any atom is -0.307 e. The van der Waals surface area contributed by atoms with Crippen molar-refractivity contribution in [1.29, 1.82) is 0 Å². The summed E-state index contributed by atoms with van der Waals surface area (Å²) >= 11 is 0. The number of hydrogen-bond acceptors (Lipinski definition) is 3. The van der Waals surface area contributed by atoms with Gasteiger partial charge >= 0.3 is 0 Å². The summed E-state index contributed by atoms with van der Waals surface area (Å²) in [6, 6.07) is 5.13. The van der Waals surface area contributed by atoms with Crippen LogP contribution in [0.15, 0.2) is 18.2 Å². The summed E-state index contributed by atoms with van der Waals surface area (Å²) in [5.74, 6) is 0. The molecule has 4 heteroatoms. The molecule has 1 heterocycles. The van der Waals surface area contributed by atoms with Crippen molar-refractivity contribution < 1.29 is 4.92 Å². The van der Waals surface area contributed by atoms with Gasteiger partial charge in [0.15, 0.2) is 0 Å². The molecule has 1 N–H and O–H groups in total. The van der Waals surface area contributed by atoms with Crippen molar-refractivity contribution in [2.24, 2.45) is 0 Å². The van der Waals surface area contributed by atoms with E-state index in [0.717, 1.165) is 18.5 Å². The average molecular weight is 206 g/mol. The average Bonchev–Trinajstić information content (AvgIpc) is 2.16. The number of nitro benzene ring substituents is 1. The van der Waals surface area contributed by atoms with Gasteiger partial charge in [-0.25, -0.2) is 0 Å². The second kappa shape index (κ2) is 3.31. The zero-order valence-corrected chi connectivity index (χ0v) is 8.91. The SMILES string of the molecule is CC1(C)NCCc2cc([N+](=O)[O-])ccc21. The summed E-state index contributed by atoms with van der Waals surface area (Å²) in [5, 5.41) is 14.0. The van der Waals surface area contributed by atoms with Crippen LogP contribution in [0, 0.1) is 10.1 Å². The zero-order chi connectivity index (χ0) is 11.1. The van der Waals surface area contributed by atoms with Crippen LogP contribution in [-0.2, 0) is 12.0 Å². The normalized spacial score (nSPS) is 18.3. The lowest BCUT2D eigenvalue weighted by Crippen LogP contribution is -2.42. The Bertz CT molecular complexity index is 413. The van der Waals surface area contributed by atoms with Gasteiger partial charge in [-0.15, -0.1) is 0 Å². The molecule has 1 aliphatic heterocycles. The first-order valence-electron chi connectivity index (χ1n) is 5.03. The monoisotopic (exact) mass is 206 g/mol. The molecule has 0 aromatic heterocycles. The molecule has 0 spiro atoms. The molecule has 2 rings (SSSR count). The molecule has 15 heavy (non-hydrogen) atoms. The minimum atomic E-state index is -0.338. The standard InChI is InChI=1S/C11H14N2O2/c1-11(2)10-4-3-9(13(14)15)7-8(10)5-6-12-11/h3-4,7,12H,5-6H2,1-2H3. The molecule has 0 bridgehead atoms. The summed E-state index contributed by atoms with van der Waals surface area (Å²) in [5.41, 5.74) is 2.36. The Morgan fingerprint density at radius 3 is 2.87 bits per heavy atom. The maximum atomic E-state index is 10.6. The molecule has 0 saturated heterocycles. The van der Waals surface area contributed by atoms with E-state index < -0.39 is 0 Å². The smallest absolute Gasteiger partial charge is 0.269 e. The second-order valence-corrected chi connectivity index (χ2v) is 4.40. The van der Waals surface area contributed by atoms with Crippen LogP contribution >= 0.6 is 0 Å². The van der Waals surface area contributed by atoms with Gasteiger partial charge in [0.2, 0.25) is 0 Å². The van der Waals surface area contributed by atoms with Crippen LogP contribution in [0.25, 0.3) is 0 Å². The first-order chi connectivity index (χ1) is 7.00. The number of hydrogen-bond donors (Lipinski definition) is 1. The van der Waals surface area contributed by atoms with Crippen molar-refractivity contribution in [3.8, 4) is 0 Å². The van der Waals surface area contributed by atoms with Crippen molar-refractivity contribution in [2.45, 2.75) is 25.8 Å². The van der Waals surface area contributed by atoms with Gasteiger partial charge in [-0.05, 0) is 37.9 Å². The number of benzene rings is 1. The van der Waals surface area contributed by atoms with Gasteiger partial charge < -0.3 is 5.32 Å². The van der Waals surface area contributed by atoms with E-state index >= 15 is 0 Å². The maximum Gasteiger partial charge on any atom is 0.269 e. The van der Waals surface area contributed by atoms with E-state index in [0.29, 0.717) is 0 Å². The molecule has 0 radical (unpaired) electrons. The third-order valence-electron chi connectivity index (χ3n) is 2.93. The molecule has 80 valence electrons. The number of nitrogens with zero attached hydrogens (tertiary/aromatic N) is 1. The lowest BCUT2D eigenvalue weighted by atomic mass is 9.85. The Kier molecular flexibility index (Phi) is 2.23. The van der Waals surface area contributed by atoms with Crippen LogP contribution in [0.1, 0.15) is 25.0 Å². The Hall–Kier alpha value is -1.42. The summed E-state index contributed by atoms with van der Waals surface area (Å²) in [7, 11) is 0. The van der Waals surface area contributed by atoms with Gasteiger partial charge in [0, 0.05) is 17.7 Å². The lowest BCUT2D eigenvalue weighted by Gasteiger charge is -2.33. The van der Waals surface area contributed by atoms with Crippen molar-refractivity contribution in [1.82, 2.24) is 5.32 Å². The highest BCUT2D eigenvalue weighted by Gasteiger charge is 2.27. The van der Waals surface area contributed by atoms with Crippen molar-refractivity contribution in [3.05, 3.63) is 39.4 Å². The summed E-state index contributed by atoms with van der Waals surface area (Å²) in [6.45, 7) is 5.06. The first-order valence-corrected chi connectivity index (χ1v) is 5.03. The molecule has 0 saturated carbocycles. The molecule has 0 atom stereocenters. The number of fused-ring (bicyclic) bond motifs is 1. The third-order valence-corrected chi connectivity index (χ3v) is 2.93. The summed E-state index contributed by atoms with van der Waals surface area (Å²) in [6.07, 6.45) is 0.862. The van der Waals surface area contributed by atoms with E-state index in [2.05, 4.69) is 19.2 Å². The minimum absolute atomic E-state index is 0.0806. The van der Waals surface area contributed by atoms with Crippen LogP contribution in [-0.4, -0.2) is 11.5 Å². The fourth-order valence-electron chi connectivity index (χ4n) is 2.12. The molecular weight excluding hydrogens is 192 g/mol. The quantitative estimate of drug-likeness (QED) is 0.564. The Morgan fingerprint density at radius 2 is 2.20 bits per heavy atom. The van der Waals surface area contributed by atoms with E-state index in [1.165, 1.54) is 5.56 Å². The third kappa shape index (κ3) is 1.72. The van der Waals surface area contributed by atoms with Crippen LogP contribution < -0.4 is 5.32 Å². The van der Waals surface area contributed by atoms with Crippen LogP contribution in [0.4, 0.5) is 5.69 Å². The van der Waals surface area contributed by atoms with Gasteiger partial charge in [0.1, 0.15) is 0 Å². The van der Waals surface area contributed by atoms with E-state index in [9.17, 15) is 10.1 Å². The topological polar surface area (TPSA) is 55.2 Å². The Labute approximate surface area is 88.5 Å². The predicted octanol–water partition coefficient (Wildman–Crippen LogP) is 1.98. The van der Waals surface area contributed by atoms with E-state index in [-0.39, 0.29) is 16.1 Å². The summed E-state index contributed by atoms with van der Waals surface area (Å²) < 4.78 is 0. The lowest BCUT2D eigenvalue weighted by molar-refractivity contribution is -0.384. The van der Waals surface area contributed by atoms with Crippen LogP contribution in [0.2, 0.25) is 0 Å². The predicted molar refractivity (Wildman–Crippen MR) is 57.8 cm³/mol. The molecule has 0 aliphatic carbocycles. The molecular formula is C11H14N2O2. The highest BCUT2D eigenvalue weighted by Crippen LogP contribution is 2.30. The second-order valence-electron chi connectivity index (χ2n) is 4.40. The zero-order valence-electron chi connectivity index (χ0n) is 8.91. The number of nitro groups is 1. The van der Waals surface area contributed by atoms with Crippen molar-refractivity contribution >= 4 is 5.69 Å². The fraction of sp³-hybridized carbons (Fsp3) is 0.455. The van der Waals surface area contributed by atoms with Gasteiger partial charge in [0.05, 0.1) is 4.92 Å². The van der Waals surface area contributed by atoms with Crippen LogP contribution in [0.3, 0.4) is 0 Å². The molecule has 1 aromatic rings. The molecule has 0 amide bonds. The molecule has 0 fully saturated rings. The van der Waals surface area contributed by atoms with E-state index in [1.54, 1.807) is 12.1 Å². The number of non-ortho nitro benzene ring substituents is 1. The molecule has 0 unspecified atom stereocenters. The van der Waals surface area contributed by atoms with Crippen molar-refractivity contribution in [2.75, 3.05) is 6.54 Å². The Morgan fingerprint density at radius 1 is 1.47 bits per heavy atom. The van der Waals surface area contributed by atoms with Crippen LogP contribution in [0.5, 0.6) is 0 Å². The number of nitrogens with one attached hydrogen (secondary N) is 1. The van der Waals surface area contributed by atoms with Gasteiger partial charge in [-0.3, -0.25) is 10.1 Å². The highest BCUT2D eigenvalue weighted by atomic mass is 16.6. The molecule has 1 aliphatic rings. The molecule has 4 nitrogen and oxygen atoms in total.